The van der Waals surface area contributed by atoms with Crippen LogP contribution in [-0.4, -0.2) is 25.7 Å². The number of imidazole rings is 1. The van der Waals surface area contributed by atoms with Crippen molar-refractivity contribution in [3.05, 3.63) is 48.5 Å². The molecular formula is C19H20N2O3. The standard InChI is InChI=1S/C19H20N2O3/c1-12(2)11-17(19(23)24)21-16-6-4-3-5-15(16)20-18(21)13-7-9-14(22)10-8-13/h3-10,12,17,22H,11H2,1-2H3,(H,23,24). The number of benzene rings is 2. The summed E-state index contributed by atoms with van der Waals surface area (Å²) in [6.45, 7) is 4.02. The third kappa shape index (κ3) is 2.97. The lowest BCUT2D eigenvalue weighted by atomic mass is 10.0. The highest BCUT2D eigenvalue weighted by Crippen LogP contribution is 2.32. The summed E-state index contributed by atoms with van der Waals surface area (Å²) >= 11 is 0. The number of hydrogen-bond acceptors (Lipinski definition) is 3. The molecule has 24 heavy (non-hydrogen) atoms. The van der Waals surface area contributed by atoms with Gasteiger partial charge in [0.05, 0.1) is 11.0 Å². The van der Waals surface area contributed by atoms with Gasteiger partial charge < -0.3 is 14.8 Å². The minimum atomic E-state index is -0.869. The van der Waals surface area contributed by atoms with Crippen molar-refractivity contribution in [3.8, 4) is 17.1 Å². The summed E-state index contributed by atoms with van der Waals surface area (Å²) in [5.74, 6) is 0.134. The Kier molecular flexibility index (Phi) is 4.25. The molecule has 0 aliphatic heterocycles. The van der Waals surface area contributed by atoms with Gasteiger partial charge in [-0.1, -0.05) is 26.0 Å². The Morgan fingerprint density at radius 1 is 1.12 bits per heavy atom. The lowest BCUT2D eigenvalue weighted by Gasteiger charge is -2.20. The van der Waals surface area contributed by atoms with Crippen LogP contribution in [0.25, 0.3) is 22.4 Å². The van der Waals surface area contributed by atoms with Gasteiger partial charge >= 0.3 is 5.97 Å². The number of rotatable bonds is 5. The van der Waals surface area contributed by atoms with Crippen molar-refractivity contribution < 1.29 is 15.0 Å². The van der Waals surface area contributed by atoms with Crippen molar-refractivity contribution in [2.75, 3.05) is 0 Å². The molecule has 0 saturated carbocycles. The molecule has 0 fully saturated rings. The molecule has 0 aliphatic carbocycles. The summed E-state index contributed by atoms with van der Waals surface area (Å²) in [4.78, 5) is 16.6. The fourth-order valence-electron chi connectivity index (χ4n) is 2.94. The number of aromatic nitrogens is 2. The van der Waals surface area contributed by atoms with Crippen LogP contribution in [0.4, 0.5) is 0 Å². The van der Waals surface area contributed by atoms with E-state index in [0.29, 0.717) is 12.2 Å². The van der Waals surface area contributed by atoms with Crippen molar-refractivity contribution in [2.45, 2.75) is 26.3 Å². The Morgan fingerprint density at radius 3 is 2.42 bits per heavy atom. The quantitative estimate of drug-likeness (QED) is 0.741. The molecule has 5 nitrogen and oxygen atoms in total. The van der Waals surface area contributed by atoms with E-state index in [9.17, 15) is 15.0 Å². The fourth-order valence-corrected chi connectivity index (χ4v) is 2.94. The Balaban J connectivity index is 2.25. The third-order valence-electron chi connectivity index (χ3n) is 4.01. The number of nitrogens with zero attached hydrogens (tertiary/aromatic N) is 2. The Morgan fingerprint density at radius 2 is 1.79 bits per heavy atom. The SMILES string of the molecule is CC(C)CC(C(=O)O)n1c(-c2ccc(O)cc2)nc2ccccc21. The fraction of sp³-hybridized carbons (Fsp3) is 0.263. The average Bonchev–Trinajstić information content (AvgIpc) is 2.92. The van der Waals surface area contributed by atoms with Crippen LogP contribution in [0.5, 0.6) is 5.75 Å². The van der Waals surface area contributed by atoms with E-state index in [1.807, 2.05) is 38.1 Å². The van der Waals surface area contributed by atoms with E-state index in [-0.39, 0.29) is 11.7 Å². The highest BCUT2D eigenvalue weighted by atomic mass is 16.4. The van der Waals surface area contributed by atoms with Gasteiger partial charge in [0, 0.05) is 5.56 Å². The zero-order valence-corrected chi connectivity index (χ0v) is 13.7. The molecule has 3 rings (SSSR count). The van der Waals surface area contributed by atoms with Gasteiger partial charge in [-0.3, -0.25) is 0 Å². The molecule has 0 bridgehead atoms. The molecule has 1 heterocycles. The molecule has 124 valence electrons. The first kappa shape index (κ1) is 16.1. The molecule has 0 spiro atoms. The van der Waals surface area contributed by atoms with Crippen LogP contribution in [-0.2, 0) is 4.79 Å². The first-order chi connectivity index (χ1) is 11.5. The lowest BCUT2D eigenvalue weighted by Crippen LogP contribution is -2.21. The third-order valence-corrected chi connectivity index (χ3v) is 4.01. The summed E-state index contributed by atoms with van der Waals surface area (Å²) in [6.07, 6.45) is 0.515. The van der Waals surface area contributed by atoms with Crippen LogP contribution in [0.1, 0.15) is 26.3 Å². The molecule has 0 radical (unpaired) electrons. The van der Waals surface area contributed by atoms with Gasteiger partial charge in [0.1, 0.15) is 17.6 Å². The maximum Gasteiger partial charge on any atom is 0.326 e. The van der Waals surface area contributed by atoms with E-state index in [1.54, 1.807) is 28.8 Å². The smallest absolute Gasteiger partial charge is 0.326 e. The second kappa shape index (κ2) is 6.35. The predicted octanol–water partition coefficient (Wildman–Crippen LogP) is 4.08. The second-order valence-electron chi connectivity index (χ2n) is 6.32. The number of carbonyl (C=O) groups is 1. The molecule has 2 N–H and O–H groups in total. The maximum atomic E-state index is 11.9. The topological polar surface area (TPSA) is 75.3 Å². The van der Waals surface area contributed by atoms with Gasteiger partial charge in [0.15, 0.2) is 0 Å². The van der Waals surface area contributed by atoms with Crippen LogP contribution in [0, 0.1) is 5.92 Å². The van der Waals surface area contributed by atoms with E-state index in [1.165, 1.54) is 0 Å². The Hall–Kier alpha value is -2.82. The van der Waals surface area contributed by atoms with E-state index >= 15 is 0 Å². The van der Waals surface area contributed by atoms with E-state index < -0.39 is 12.0 Å². The van der Waals surface area contributed by atoms with Crippen LogP contribution in [0.2, 0.25) is 0 Å². The Bertz CT molecular complexity index is 866. The van der Waals surface area contributed by atoms with Crippen molar-refractivity contribution in [1.29, 1.82) is 0 Å². The summed E-state index contributed by atoms with van der Waals surface area (Å²) in [6, 6.07) is 13.5. The molecule has 1 aromatic heterocycles. The summed E-state index contributed by atoms with van der Waals surface area (Å²) in [5.41, 5.74) is 2.34. The molecule has 5 heteroatoms. The number of aromatic hydroxyl groups is 1. The predicted molar refractivity (Wildman–Crippen MR) is 93.0 cm³/mol. The van der Waals surface area contributed by atoms with Gasteiger partial charge in [-0.2, -0.15) is 0 Å². The molecule has 1 atom stereocenters. The number of carboxylic acid groups (broad SMARTS) is 1. The summed E-state index contributed by atoms with van der Waals surface area (Å²) in [5, 5.41) is 19.3. The molecule has 2 aromatic carbocycles. The highest BCUT2D eigenvalue weighted by Gasteiger charge is 2.26. The van der Waals surface area contributed by atoms with Crippen molar-refractivity contribution in [1.82, 2.24) is 9.55 Å². The number of aliphatic carboxylic acids is 1. The van der Waals surface area contributed by atoms with Gasteiger partial charge in [-0.25, -0.2) is 9.78 Å². The second-order valence-corrected chi connectivity index (χ2v) is 6.32. The average molecular weight is 324 g/mol. The number of carboxylic acids is 1. The maximum absolute atomic E-state index is 11.9. The number of hydrogen-bond donors (Lipinski definition) is 2. The van der Waals surface area contributed by atoms with Gasteiger partial charge in [0.2, 0.25) is 0 Å². The normalized spacial score (nSPS) is 12.6. The van der Waals surface area contributed by atoms with Crippen molar-refractivity contribution in [2.24, 2.45) is 5.92 Å². The number of phenols is 1. The molecule has 0 amide bonds. The van der Waals surface area contributed by atoms with Gasteiger partial charge in [-0.05, 0) is 48.7 Å². The zero-order chi connectivity index (χ0) is 17.3. The van der Waals surface area contributed by atoms with Crippen LogP contribution in [0.3, 0.4) is 0 Å². The molecular weight excluding hydrogens is 304 g/mol. The van der Waals surface area contributed by atoms with E-state index in [2.05, 4.69) is 4.98 Å². The van der Waals surface area contributed by atoms with Crippen LogP contribution in [0.15, 0.2) is 48.5 Å². The Labute approximate surface area is 140 Å². The molecule has 3 aromatic rings. The molecule has 1 unspecified atom stereocenters. The largest absolute Gasteiger partial charge is 0.508 e. The number of phenolic OH excluding ortho intramolecular Hbond substituents is 1. The highest BCUT2D eigenvalue weighted by molar-refractivity contribution is 5.84. The first-order valence-corrected chi connectivity index (χ1v) is 7.96. The van der Waals surface area contributed by atoms with Crippen molar-refractivity contribution in [3.63, 3.8) is 0 Å². The first-order valence-electron chi connectivity index (χ1n) is 7.96. The minimum Gasteiger partial charge on any atom is -0.508 e. The monoisotopic (exact) mass is 324 g/mol. The zero-order valence-electron chi connectivity index (χ0n) is 13.7. The van der Waals surface area contributed by atoms with Crippen LogP contribution >= 0.6 is 0 Å². The van der Waals surface area contributed by atoms with Crippen LogP contribution < -0.4 is 0 Å². The van der Waals surface area contributed by atoms with Crippen molar-refractivity contribution >= 4 is 17.0 Å². The number of fused-ring (bicyclic) bond motifs is 1. The van der Waals surface area contributed by atoms with Gasteiger partial charge in [0.25, 0.3) is 0 Å². The summed E-state index contributed by atoms with van der Waals surface area (Å²) in [7, 11) is 0. The lowest BCUT2D eigenvalue weighted by molar-refractivity contribution is -0.141. The molecule has 0 aliphatic rings. The number of para-hydroxylation sites is 2. The van der Waals surface area contributed by atoms with Gasteiger partial charge in [-0.15, -0.1) is 0 Å². The summed E-state index contributed by atoms with van der Waals surface area (Å²) < 4.78 is 1.80. The van der Waals surface area contributed by atoms with E-state index in [4.69, 9.17) is 0 Å². The minimum absolute atomic E-state index is 0.165. The molecule has 0 saturated heterocycles. The van der Waals surface area contributed by atoms with E-state index in [0.717, 1.165) is 16.6 Å².